The molecule has 0 amide bonds. The largest absolute Gasteiger partial charge is 0.433 e. The highest BCUT2D eigenvalue weighted by molar-refractivity contribution is 9.10. The molecule has 8 heteroatoms. The maximum Gasteiger partial charge on any atom is 0.433 e. The van der Waals surface area contributed by atoms with Gasteiger partial charge in [0, 0.05) is 19.4 Å². The normalized spacial score (nSPS) is 11.6. The number of rotatable bonds is 3. The van der Waals surface area contributed by atoms with Gasteiger partial charge in [-0.15, -0.1) is 0 Å². The third-order valence-electron chi connectivity index (χ3n) is 2.45. The molecule has 0 radical (unpaired) electrons. The van der Waals surface area contributed by atoms with Gasteiger partial charge in [-0.1, -0.05) is 6.07 Å². The Labute approximate surface area is 115 Å². The molecule has 0 fully saturated rings. The number of hydrogen-bond donors (Lipinski definition) is 1. The van der Waals surface area contributed by atoms with Gasteiger partial charge in [0.1, 0.15) is 5.69 Å². The Morgan fingerprint density at radius 3 is 2.58 bits per heavy atom. The molecule has 2 rings (SSSR count). The molecule has 2 aromatic heterocycles. The van der Waals surface area contributed by atoms with Gasteiger partial charge in [-0.2, -0.15) is 18.3 Å². The average molecular weight is 335 g/mol. The second-order valence-electron chi connectivity index (χ2n) is 3.83. The fourth-order valence-corrected chi connectivity index (χ4v) is 2.02. The number of alkyl halides is 3. The summed E-state index contributed by atoms with van der Waals surface area (Å²) >= 11 is 3.27. The molecule has 0 aromatic carbocycles. The number of anilines is 1. The monoisotopic (exact) mass is 334 g/mol. The number of nitrogens with zero attached hydrogens (tertiary/aromatic N) is 3. The smallest absolute Gasteiger partial charge is 0.385 e. The Kier molecular flexibility index (Phi) is 3.79. The molecule has 0 saturated heterocycles. The molecule has 0 aliphatic carbocycles. The van der Waals surface area contributed by atoms with Crippen LogP contribution in [-0.4, -0.2) is 21.8 Å². The highest BCUT2D eigenvalue weighted by Crippen LogP contribution is 2.27. The van der Waals surface area contributed by atoms with Crippen molar-refractivity contribution in [3.8, 4) is 0 Å². The molecule has 0 atom stereocenters. The number of pyridine rings is 1. The molecule has 19 heavy (non-hydrogen) atoms. The first-order chi connectivity index (χ1) is 8.90. The van der Waals surface area contributed by atoms with Crippen molar-refractivity contribution in [3.63, 3.8) is 0 Å². The zero-order valence-corrected chi connectivity index (χ0v) is 11.5. The predicted octanol–water partition coefficient (Wildman–Crippen LogP) is 3.15. The molecule has 0 aliphatic rings. The maximum absolute atomic E-state index is 12.4. The highest BCUT2D eigenvalue weighted by Gasteiger charge is 2.31. The molecular formula is C11H10BrF3N4. The lowest BCUT2D eigenvalue weighted by Gasteiger charge is -2.06. The summed E-state index contributed by atoms with van der Waals surface area (Å²) in [5.41, 5.74) is 0.555. The van der Waals surface area contributed by atoms with Crippen molar-refractivity contribution in [3.05, 3.63) is 40.4 Å². The molecule has 1 N–H and O–H groups in total. The average Bonchev–Trinajstić information content (AvgIpc) is 2.69. The fraction of sp³-hybridized carbons (Fsp3) is 0.273. The second-order valence-corrected chi connectivity index (χ2v) is 4.58. The number of aromatic nitrogens is 3. The van der Waals surface area contributed by atoms with E-state index in [0.717, 1.165) is 11.8 Å². The van der Waals surface area contributed by atoms with E-state index in [4.69, 9.17) is 0 Å². The molecule has 0 saturated carbocycles. The highest BCUT2D eigenvalue weighted by atomic mass is 79.9. The summed E-state index contributed by atoms with van der Waals surface area (Å²) in [6.07, 6.45) is -1.45. The van der Waals surface area contributed by atoms with E-state index in [1.54, 1.807) is 17.9 Å². The lowest BCUT2D eigenvalue weighted by Crippen LogP contribution is -2.08. The maximum atomic E-state index is 12.4. The van der Waals surface area contributed by atoms with Crippen molar-refractivity contribution in [2.24, 2.45) is 0 Å². The minimum Gasteiger partial charge on any atom is -0.385 e. The van der Waals surface area contributed by atoms with Crippen molar-refractivity contribution < 1.29 is 13.2 Å². The van der Waals surface area contributed by atoms with E-state index in [9.17, 15) is 13.2 Å². The third kappa shape index (κ3) is 3.25. The summed E-state index contributed by atoms with van der Waals surface area (Å²) in [6.45, 7) is 0.353. The first kappa shape index (κ1) is 13.9. The van der Waals surface area contributed by atoms with Crippen LogP contribution in [0.25, 0.3) is 0 Å². The van der Waals surface area contributed by atoms with Crippen LogP contribution in [-0.2, 0) is 12.7 Å². The van der Waals surface area contributed by atoms with E-state index in [2.05, 4.69) is 31.3 Å². The molecule has 0 aliphatic heterocycles. The van der Waals surface area contributed by atoms with Gasteiger partial charge in [-0.3, -0.25) is 9.67 Å². The van der Waals surface area contributed by atoms with Crippen LogP contribution in [0.3, 0.4) is 0 Å². The summed E-state index contributed by atoms with van der Waals surface area (Å²) in [4.78, 5) is 3.40. The van der Waals surface area contributed by atoms with E-state index in [1.165, 1.54) is 12.3 Å². The summed E-state index contributed by atoms with van der Waals surface area (Å²) in [7, 11) is 1.76. The van der Waals surface area contributed by atoms with Crippen LogP contribution in [0.5, 0.6) is 0 Å². The first-order valence-electron chi connectivity index (χ1n) is 5.33. The first-order valence-corrected chi connectivity index (χ1v) is 6.12. The Bertz CT molecular complexity index is 562. The quantitative estimate of drug-likeness (QED) is 0.937. The van der Waals surface area contributed by atoms with E-state index in [-0.39, 0.29) is 0 Å². The van der Waals surface area contributed by atoms with Gasteiger partial charge in [0.05, 0.1) is 12.2 Å². The summed E-state index contributed by atoms with van der Waals surface area (Å²) in [6, 6.07) is 2.36. The lowest BCUT2D eigenvalue weighted by atomic mass is 10.2. The van der Waals surface area contributed by atoms with Gasteiger partial charge in [0.25, 0.3) is 0 Å². The Morgan fingerprint density at radius 2 is 2.11 bits per heavy atom. The molecule has 2 heterocycles. The zero-order chi connectivity index (χ0) is 14.0. The summed E-state index contributed by atoms with van der Waals surface area (Å²) in [5.74, 6) is 0. The summed E-state index contributed by atoms with van der Waals surface area (Å²) in [5, 5.41) is 7.10. The van der Waals surface area contributed by atoms with Crippen molar-refractivity contribution in [2.45, 2.75) is 12.7 Å². The SMILES string of the molecule is CNc1cn(Cc2ccc(C(F)(F)F)nc2)nc1Br. The molecule has 2 aromatic rings. The van der Waals surface area contributed by atoms with Gasteiger partial charge < -0.3 is 5.32 Å². The van der Waals surface area contributed by atoms with Crippen molar-refractivity contribution in [1.82, 2.24) is 14.8 Å². The minimum atomic E-state index is -4.41. The van der Waals surface area contributed by atoms with Gasteiger partial charge in [0.2, 0.25) is 0 Å². The van der Waals surface area contributed by atoms with Crippen molar-refractivity contribution in [1.29, 1.82) is 0 Å². The summed E-state index contributed by atoms with van der Waals surface area (Å²) < 4.78 is 39.3. The van der Waals surface area contributed by atoms with Crippen LogP contribution in [0.1, 0.15) is 11.3 Å². The van der Waals surface area contributed by atoms with Gasteiger partial charge in [-0.25, -0.2) is 0 Å². The van der Waals surface area contributed by atoms with Crippen LogP contribution in [0.2, 0.25) is 0 Å². The van der Waals surface area contributed by atoms with E-state index < -0.39 is 11.9 Å². The minimum absolute atomic E-state index is 0.353. The molecule has 0 spiro atoms. The Hall–Kier alpha value is -1.57. The Balaban J connectivity index is 2.15. The van der Waals surface area contributed by atoms with Gasteiger partial charge in [-0.05, 0) is 27.6 Å². The fourth-order valence-electron chi connectivity index (χ4n) is 1.52. The third-order valence-corrected chi connectivity index (χ3v) is 3.03. The molecule has 4 nitrogen and oxygen atoms in total. The zero-order valence-electron chi connectivity index (χ0n) is 9.87. The van der Waals surface area contributed by atoms with Crippen LogP contribution in [0.15, 0.2) is 29.1 Å². The van der Waals surface area contributed by atoms with Crippen LogP contribution >= 0.6 is 15.9 Å². The number of hydrogen-bond acceptors (Lipinski definition) is 3. The van der Waals surface area contributed by atoms with Crippen LogP contribution in [0.4, 0.5) is 18.9 Å². The topological polar surface area (TPSA) is 42.7 Å². The van der Waals surface area contributed by atoms with E-state index in [1.807, 2.05) is 0 Å². The van der Waals surface area contributed by atoms with Gasteiger partial charge in [0.15, 0.2) is 4.60 Å². The standard InChI is InChI=1S/C11H10BrF3N4/c1-16-8-6-19(18-10(8)12)5-7-2-3-9(17-4-7)11(13,14)15/h2-4,6,16H,5H2,1H3. The molecule has 0 bridgehead atoms. The van der Waals surface area contributed by atoms with Gasteiger partial charge >= 0.3 is 6.18 Å². The molecular weight excluding hydrogens is 325 g/mol. The lowest BCUT2D eigenvalue weighted by molar-refractivity contribution is -0.141. The van der Waals surface area contributed by atoms with E-state index >= 15 is 0 Å². The van der Waals surface area contributed by atoms with E-state index in [0.29, 0.717) is 16.7 Å². The second kappa shape index (κ2) is 5.20. The van der Waals surface area contributed by atoms with Crippen molar-refractivity contribution in [2.75, 3.05) is 12.4 Å². The number of halogens is 4. The number of nitrogens with one attached hydrogen (secondary N) is 1. The van der Waals surface area contributed by atoms with Crippen LogP contribution < -0.4 is 5.32 Å². The van der Waals surface area contributed by atoms with Crippen molar-refractivity contribution >= 4 is 21.6 Å². The van der Waals surface area contributed by atoms with Crippen LogP contribution in [0, 0.1) is 0 Å². The Morgan fingerprint density at radius 1 is 1.37 bits per heavy atom. The molecule has 0 unspecified atom stereocenters. The predicted molar refractivity (Wildman–Crippen MR) is 67.8 cm³/mol. The molecule has 102 valence electrons.